The number of aromatic nitrogens is 1. The average molecular weight is 377 g/mol. The second kappa shape index (κ2) is 6.42. The lowest BCUT2D eigenvalue weighted by Crippen LogP contribution is -2.37. The number of nitrogens with zero attached hydrogens (tertiary/aromatic N) is 1. The second-order valence-electron chi connectivity index (χ2n) is 6.76. The molecule has 5 nitrogen and oxygen atoms in total. The number of anilines is 1. The first-order valence-corrected chi connectivity index (χ1v) is 9.54. The Balaban J connectivity index is 1.50. The number of carbonyl (C=O) groups is 2. The van der Waals surface area contributed by atoms with Gasteiger partial charge < -0.3 is 10.4 Å². The summed E-state index contributed by atoms with van der Waals surface area (Å²) in [7, 11) is 0. The van der Waals surface area contributed by atoms with Gasteiger partial charge in [-0.1, -0.05) is 23.7 Å². The molecule has 2 N–H and O–H groups in total. The first-order valence-electron chi connectivity index (χ1n) is 8.28. The highest BCUT2D eigenvalue weighted by molar-refractivity contribution is 7.14. The van der Waals surface area contributed by atoms with Crippen LogP contribution in [0.2, 0.25) is 5.02 Å². The summed E-state index contributed by atoms with van der Waals surface area (Å²) in [5.74, 6) is -1.75. The van der Waals surface area contributed by atoms with Gasteiger partial charge in [-0.05, 0) is 43.2 Å². The van der Waals surface area contributed by atoms with Gasteiger partial charge in [-0.15, -0.1) is 11.3 Å². The largest absolute Gasteiger partial charge is 0.481 e. The van der Waals surface area contributed by atoms with E-state index in [9.17, 15) is 14.7 Å². The van der Waals surface area contributed by atoms with Crippen LogP contribution in [0.25, 0.3) is 11.3 Å². The third kappa shape index (κ3) is 3.04. The zero-order valence-electron chi connectivity index (χ0n) is 13.3. The van der Waals surface area contributed by atoms with Crippen molar-refractivity contribution in [1.82, 2.24) is 4.98 Å². The number of carboxylic acids is 1. The Morgan fingerprint density at radius 1 is 1.16 bits per heavy atom. The molecule has 2 aromatic rings. The predicted molar refractivity (Wildman–Crippen MR) is 96.6 cm³/mol. The zero-order valence-corrected chi connectivity index (χ0v) is 14.9. The summed E-state index contributed by atoms with van der Waals surface area (Å²) >= 11 is 7.24. The van der Waals surface area contributed by atoms with Crippen LogP contribution in [-0.2, 0) is 9.59 Å². The molecule has 2 fully saturated rings. The van der Waals surface area contributed by atoms with Gasteiger partial charge in [-0.2, -0.15) is 0 Å². The molecule has 4 rings (SSSR count). The molecule has 2 bridgehead atoms. The van der Waals surface area contributed by atoms with Crippen LogP contribution in [0.5, 0.6) is 0 Å². The number of thiazole rings is 1. The molecule has 4 atom stereocenters. The fourth-order valence-corrected chi connectivity index (χ4v) is 5.15. The van der Waals surface area contributed by atoms with Crippen molar-refractivity contribution in [2.24, 2.45) is 23.7 Å². The maximum absolute atomic E-state index is 12.7. The van der Waals surface area contributed by atoms with Gasteiger partial charge in [0, 0.05) is 16.0 Å². The van der Waals surface area contributed by atoms with E-state index < -0.39 is 17.8 Å². The number of benzene rings is 1. The van der Waals surface area contributed by atoms with Crippen LogP contribution < -0.4 is 5.32 Å². The van der Waals surface area contributed by atoms with E-state index in [1.165, 1.54) is 11.3 Å². The van der Waals surface area contributed by atoms with Crippen molar-refractivity contribution >= 4 is 39.9 Å². The lowest BCUT2D eigenvalue weighted by atomic mass is 9.79. The number of carboxylic acid groups (broad SMARTS) is 1. The average Bonchev–Trinajstić information content (AvgIpc) is 3.30. The molecule has 2 aliphatic rings. The monoisotopic (exact) mass is 376 g/mol. The Morgan fingerprint density at radius 3 is 2.52 bits per heavy atom. The first kappa shape index (κ1) is 16.5. The Hall–Kier alpha value is -1.92. The SMILES string of the molecule is O=C(O)[C@@H]1[C@H]2CC[C@@H](C2)[C@H]1C(=O)Nc1nc(-c2ccc(Cl)cc2)cs1. The third-order valence-corrected chi connectivity index (χ3v) is 6.39. The smallest absolute Gasteiger partial charge is 0.307 e. The molecule has 1 amide bonds. The second-order valence-corrected chi connectivity index (χ2v) is 8.05. The summed E-state index contributed by atoms with van der Waals surface area (Å²) in [5, 5.41) is 15.4. The van der Waals surface area contributed by atoms with Crippen molar-refractivity contribution in [3.63, 3.8) is 0 Å². The molecule has 1 aromatic heterocycles. The minimum atomic E-state index is -0.853. The number of hydrogen-bond acceptors (Lipinski definition) is 4. The van der Waals surface area contributed by atoms with Gasteiger partial charge in [-0.3, -0.25) is 9.59 Å². The van der Waals surface area contributed by atoms with Crippen molar-refractivity contribution in [2.75, 3.05) is 5.32 Å². The fourth-order valence-electron chi connectivity index (χ4n) is 4.30. The summed E-state index contributed by atoms with van der Waals surface area (Å²) in [6, 6.07) is 7.33. The first-order chi connectivity index (χ1) is 12.0. The van der Waals surface area contributed by atoms with E-state index in [2.05, 4.69) is 10.3 Å². The number of halogens is 1. The predicted octanol–water partition coefficient (Wildman–Crippen LogP) is 4.15. The standard InChI is InChI=1S/C18H17ClN2O3S/c19-12-5-3-9(4-6-12)13-8-25-18(20-13)21-16(22)14-10-1-2-11(7-10)15(14)17(23)24/h3-6,8,10-11,14-15H,1-2,7H2,(H,23,24)(H,20,21,22)/t10-,11-,14+,15+/m0/s1. The highest BCUT2D eigenvalue weighted by atomic mass is 35.5. The van der Waals surface area contributed by atoms with Gasteiger partial charge in [0.2, 0.25) is 5.91 Å². The Kier molecular flexibility index (Phi) is 4.25. The van der Waals surface area contributed by atoms with E-state index in [1.54, 1.807) is 12.1 Å². The van der Waals surface area contributed by atoms with Crippen molar-refractivity contribution < 1.29 is 14.7 Å². The molecule has 2 saturated carbocycles. The van der Waals surface area contributed by atoms with Gasteiger partial charge >= 0.3 is 5.97 Å². The number of amides is 1. The molecule has 0 radical (unpaired) electrons. The summed E-state index contributed by atoms with van der Waals surface area (Å²) in [6.07, 6.45) is 2.72. The summed E-state index contributed by atoms with van der Waals surface area (Å²) in [6.45, 7) is 0. The van der Waals surface area contributed by atoms with Crippen molar-refractivity contribution in [3.8, 4) is 11.3 Å². The normalized spacial score (nSPS) is 27.4. The number of nitrogens with one attached hydrogen (secondary N) is 1. The summed E-state index contributed by atoms with van der Waals surface area (Å²) < 4.78 is 0. The van der Waals surface area contributed by atoms with Gasteiger partial charge in [0.1, 0.15) is 0 Å². The van der Waals surface area contributed by atoms with Gasteiger partial charge in [0.25, 0.3) is 0 Å². The molecule has 1 heterocycles. The molecule has 1 aromatic carbocycles. The van der Waals surface area contributed by atoms with E-state index >= 15 is 0 Å². The van der Waals surface area contributed by atoms with Crippen LogP contribution in [0.4, 0.5) is 5.13 Å². The molecular formula is C18H17ClN2O3S. The van der Waals surface area contributed by atoms with Crippen molar-refractivity contribution in [3.05, 3.63) is 34.7 Å². The van der Waals surface area contributed by atoms with E-state index in [-0.39, 0.29) is 17.7 Å². The maximum Gasteiger partial charge on any atom is 0.307 e. The Labute approximate surface area is 154 Å². The Bertz CT molecular complexity index is 820. The Morgan fingerprint density at radius 2 is 1.84 bits per heavy atom. The van der Waals surface area contributed by atoms with E-state index in [1.807, 2.05) is 17.5 Å². The molecule has 0 spiro atoms. The number of carbonyl (C=O) groups excluding carboxylic acids is 1. The maximum atomic E-state index is 12.7. The number of rotatable bonds is 4. The fraction of sp³-hybridized carbons (Fsp3) is 0.389. The molecular weight excluding hydrogens is 360 g/mol. The quantitative estimate of drug-likeness (QED) is 0.840. The third-order valence-electron chi connectivity index (χ3n) is 5.38. The van der Waals surface area contributed by atoms with Crippen LogP contribution in [0, 0.1) is 23.7 Å². The lowest BCUT2D eigenvalue weighted by molar-refractivity contribution is -0.148. The molecule has 0 aliphatic heterocycles. The minimum Gasteiger partial charge on any atom is -0.481 e. The minimum absolute atomic E-state index is 0.138. The molecule has 7 heteroatoms. The lowest BCUT2D eigenvalue weighted by Gasteiger charge is -2.26. The van der Waals surface area contributed by atoms with Gasteiger partial charge in [0.15, 0.2) is 5.13 Å². The van der Waals surface area contributed by atoms with E-state index in [0.717, 1.165) is 30.5 Å². The number of fused-ring (bicyclic) bond motifs is 2. The topological polar surface area (TPSA) is 79.3 Å². The van der Waals surface area contributed by atoms with Gasteiger partial charge in [0.05, 0.1) is 17.5 Å². The summed E-state index contributed by atoms with van der Waals surface area (Å²) in [4.78, 5) is 28.7. The highest BCUT2D eigenvalue weighted by Gasteiger charge is 2.54. The zero-order chi connectivity index (χ0) is 17.6. The van der Waals surface area contributed by atoms with E-state index in [4.69, 9.17) is 11.6 Å². The van der Waals surface area contributed by atoms with E-state index in [0.29, 0.717) is 10.2 Å². The van der Waals surface area contributed by atoms with Gasteiger partial charge in [-0.25, -0.2) is 4.98 Å². The highest BCUT2D eigenvalue weighted by Crippen LogP contribution is 2.52. The van der Waals surface area contributed by atoms with Crippen LogP contribution in [-0.4, -0.2) is 22.0 Å². The molecule has 130 valence electrons. The van der Waals surface area contributed by atoms with Crippen LogP contribution in [0.15, 0.2) is 29.6 Å². The van der Waals surface area contributed by atoms with Crippen LogP contribution in [0.3, 0.4) is 0 Å². The summed E-state index contributed by atoms with van der Waals surface area (Å²) in [5.41, 5.74) is 1.68. The molecule has 0 unspecified atom stereocenters. The van der Waals surface area contributed by atoms with Crippen molar-refractivity contribution in [2.45, 2.75) is 19.3 Å². The van der Waals surface area contributed by atoms with Crippen LogP contribution in [0.1, 0.15) is 19.3 Å². The van der Waals surface area contributed by atoms with Crippen LogP contribution >= 0.6 is 22.9 Å². The molecule has 2 aliphatic carbocycles. The molecule has 25 heavy (non-hydrogen) atoms. The number of hydrogen-bond donors (Lipinski definition) is 2. The molecule has 0 saturated heterocycles. The van der Waals surface area contributed by atoms with Crippen molar-refractivity contribution in [1.29, 1.82) is 0 Å². The number of aliphatic carboxylic acids is 1.